The normalized spacial score (nSPS) is 15.7. The molecular weight excluding hydrogens is 833 g/mol. The van der Waals surface area contributed by atoms with Gasteiger partial charge in [0.15, 0.2) is 0 Å². The number of aliphatic imine (C=N–C) groups is 1. The number of amides is 3. The van der Waals surface area contributed by atoms with E-state index in [-0.39, 0.29) is 30.2 Å². The van der Waals surface area contributed by atoms with Crippen LogP contribution in [0.5, 0.6) is 5.75 Å². The van der Waals surface area contributed by atoms with Crippen molar-refractivity contribution in [2.75, 3.05) is 6.54 Å². The van der Waals surface area contributed by atoms with Gasteiger partial charge in [-0.05, 0) is 107 Å². The summed E-state index contributed by atoms with van der Waals surface area (Å²) in [5.41, 5.74) is 9.76. The Labute approximate surface area is 375 Å². The molecule has 2 aliphatic rings. The van der Waals surface area contributed by atoms with Crippen molar-refractivity contribution in [1.29, 1.82) is 0 Å². The number of rotatable bonds is 17. The molecule has 14 nitrogen and oxygen atoms in total. The number of ether oxygens (including phenoxy) is 1. The van der Waals surface area contributed by atoms with Crippen molar-refractivity contribution in [2.24, 2.45) is 10.7 Å². The number of benzene rings is 4. The summed E-state index contributed by atoms with van der Waals surface area (Å²) in [6.07, 6.45) is 4.72. The van der Waals surface area contributed by atoms with E-state index >= 15 is 0 Å². The van der Waals surface area contributed by atoms with Gasteiger partial charge in [0.25, 0.3) is 10.0 Å². The van der Waals surface area contributed by atoms with Crippen LogP contribution in [0.1, 0.15) is 97.7 Å². The van der Waals surface area contributed by atoms with Gasteiger partial charge in [-0.2, -0.15) is 0 Å². The van der Waals surface area contributed by atoms with Crippen molar-refractivity contribution in [1.82, 2.24) is 20.7 Å². The first-order chi connectivity index (χ1) is 30.4. The fraction of sp³-hybridized carbons (Fsp3) is 0.367. The molecule has 1 aliphatic heterocycles. The van der Waals surface area contributed by atoms with Gasteiger partial charge in [-0.3, -0.25) is 19.4 Å². The molecule has 3 amide bonds. The number of aliphatic carboxylic acids is 1. The molecular formula is C49H58N6O8S. The predicted molar refractivity (Wildman–Crippen MR) is 245 cm³/mol. The van der Waals surface area contributed by atoms with Crippen LogP contribution in [0.15, 0.2) is 113 Å². The molecule has 0 aromatic heterocycles. The Bertz CT molecular complexity index is 2450. The Morgan fingerprint density at radius 3 is 1.94 bits per heavy atom. The SMILES string of the molecule is Cc1c(C)c(S(=O)(=O)NC(N)=NCCCC(NC(=O)[C@H](CC(=O)NC(c2ccccc2)(c2ccccc2)c2ccccc2)NC(=O)C2=CCCCC2)C(=O)O)c(C)c2c1OC(C)(C)C2. The van der Waals surface area contributed by atoms with E-state index in [1.54, 1.807) is 13.8 Å². The lowest BCUT2D eigenvalue weighted by Crippen LogP contribution is -2.55. The first-order valence-electron chi connectivity index (χ1n) is 21.6. The molecule has 6 rings (SSSR count). The van der Waals surface area contributed by atoms with Crippen molar-refractivity contribution in [3.8, 4) is 5.75 Å². The van der Waals surface area contributed by atoms with E-state index in [2.05, 4.69) is 25.7 Å². The van der Waals surface area contributed by atoms with Crippen LogP contribution in [0.2, 0.25) is 0 Å². The number of nitrogens with two attached hydrogens (primary N) is 1. The van der Waals surface area contributed by atoms with Crippen molar-refractivity contribution in [3.63, 3.8) is 0 Å². The van der Waals surface area contributed by atoms with Gasteiger partial charge in [0.2, 0.25) is 23.7 Å². The van der Waals surface area contributed by atoms with Gasteiger partial charge in [0.05, 0.1) is 11.3 Å². The lowest BCUT2D eigenvalue weighted by atomic mass is 9.77. The van der Waals surface area contributed by atoms with E-state index in [1.165, 1.54) is 0 Å². The second-order valence-corrected chi connectivity index (χ2v) is 18.7. The molecule has 1 aliphatic carbocycles. The highest BCUT2D eigenvalue weighted by Gasteiger charge is 2.40. The monoisotopic (exact) mass is 890 g/mol. The van der Waals surface area contributed by atoms with E-state index in [1.807, 2.05) is 118 Å². The topological polar surface area (TPSA) is 218 Å². The fourth-order valence-electron chi connectivity index (χ4n) is 8.62. The highest BCUT2D eigenvalue weighted by atomic mass is 32.2. The molecule has 0 spiro atoms. The summed E-state index contributed by atoms with van der Waals surface area (Å²) < 4.78 is 35.8. The lowest BCUT2D eigenvalue weighted by molar-refractivity contribution is -0.142. The first-order valence-corrected chi connectivity index (χ1v) is 23.1. The second kappa shape index (κ2) is 19.9. The molecule has 2 atom stereocenters. The van der Waals surface area contributed by atoms with E-state index in [0.717, 1.165) is 40.7 Å². The maximum Gasteiger partial charge on any atom is 0.326 e. The number of carboxylic acid groups (broad SMARTS) is 1. The number of carboxylic acids is 1. The molecule has 0 saturated heterocycles. The second-order valence-electron chi connectivity index (χ2n) is 17.1. The van der Waals surface area contributed by atoms with Crippen LogP contribution in [-0.2, 0) is 41.2 Å². The fourth-order valence-corrected chi connectivity index (χ4v) is 10.1. The molecule has 4 aromatic rings. The van der Waals surface area contributed by atoms with E-state index in [9.17, 15) is 32.7 Å². The Morgan fingerprint density at radius 1 is 0.828 bits per heavy atom. The molecule has 0 fully saturated rings. The molecule has 1 unspecified atom stereocenters. The average Bonchev–Trinajstić information content (AvgIpc) is 3.62. The zero-order valence-corrected chi connectivity index (χ0v) is 37.8. The Hall–Kier alpha value is -6.48. The summed E-state index contributed by atoms with van der Waals surface area (Å²) >= 11 is 0. The predicted octanol–water partition coefficient (Wildman–Crippen LogP) is 5.75. The smallest absolute Gasteiger partial charge is 0.326 e. The number of guanidine groups is 1. The average molecular weight is 891 g/mol. The zero-order valence-electron chi connectivity index (χ0n) is 37.0. The van der Waals surface area contributed by atoms with Gasteiger partial charge in [-0.15, -0.1) is 0 Å². The number of hydrogen-bond donors (Lipinski definition) is 6. The number of carbonyl (C=O) groups is 4. The van der Waals surface area contributed by atoms with Crippen molar-refractivity contribution < 1.29 is 37.4 Å². The number of hydrogen-bond acceptors (Lipinski definition) is 8. The molecule has 7 N–H and O–H groups in total. The molecule has 15 heteroatoms. The zero-order chi connectivity index (χ0) is 46.2. The van der Waals surface area contributed by atoms with Crippen LogP contribution < -0.4 is 31.1 Å². The summed E-state index contributed by atoms with van der Waals surface area (Å²) in [6.45, 7) is 9.08. The molecule has 64 heavy (non-hydrogen) atoms. The summed E-state index contributed by atoms with van der Waals surface area (Å²) in [6, 6.07) is 25.4. The molecule has 0 bridgehead atoms. The largest absolute Gasteiger partial charge is 0.487 e. The number of nitrogens with one attached hydrogen (secondary N) is 4. The van der Waals surface area contributed by atoms with Gasteiger partial charge in [-0.25, -0.2) is 17.9 Å². The first kappa shape index (κ1) is 47.0. The van der Waals surface area contributed by atoms with E-state index < -0.39 is 63.4 Å². The van der Waals surface area contributed by atoms with Crippen molar-refractivity contribution >= 4 is 39.7 Å². The van der Waals surface area contributed by atoms with Crippen LogP contribution in [0, 0.1) is 20.8 Å². The third-order valence-electron chi connectivity index (χ3n) is 11.9. The van der Waals surface area contributed by atoms with Crippen LogP contribution >= 0.6 is 0 Å². The molecule has 0 saturated carbocycles. The van der Waals surface area contributed by atoms with Crippen LogP contribution in [0.3, 0.4) is 0 Å². The minimum atomic E-state index is -4.17. The number of allylic oxidation sites excluding steroid dienone is 1. The minimum absolute atomic E-state index is 0.0749. The molecule has 338 valence electrons. The standard InChI is InChI=1S/C49H58N6O8S/c1-31-32(2)43(33(3)38-30-48(4,5)63-42(31)38)64(61,62)55-47(50)51-28-18-27-39(46(59)60)52-45(58)40(53-44(57)34-19-10-6-11-20-34)29-41(56)54-49(35-21-12-7-13-22-35,36-23-14-8-15-24-36)37-25-16-9-17-26-37/h7-9,12-17,19,21-26,39-40H,6,10-11,18,20,27-30H2,1-5H3,(H,52,58)(H,53,57)(H,54,56)(H,59,60)(H3,50,51,55)/t39?,40-/m0/s1. The molecule has 0 radical (unpaired) electrons. The third-order valence-corrected chi connectivity index (χ3v) is 13.5. The summed E-state index contributed by atoms with van der Waals surface area (Å²) in [7, 11) is -4.17. The van der Waals surface area contributed by atoms with E-state index in [4.69, 9.17) is 10.5 Å². The summed E-state index contributed by atoms with van der Waals surface area (Å²) in [5.74, 6) is -2.99. The van der Waals surface area contributed by atoms with Gasteiger partial charge in [-0.1, -0.05) is 97.1 Å². The minimum Gasteiger partial charge on any atom is -0.487 e. The Kier molecular flexibility index (Phi) is 14.6. The number of fused-ring (bicyclic) bond motifs is 1. The maximum absolute atomic E-state index is 14.4. The summed E-state index contributed by atoms with van der Waals surface area (Å²) in [4.78, 5) is 58.9. The van der Waals surface area contributed by atoms with Crippen LogP contribution in [-0.4, -0.2) is 67.4 Å². The number of carbonyl (C=O) groups excluding carboxylic acids is 3. The summed E-state index contributed by atoms with van der Waals surface area (Å²) in [5, 5.41) is 18.7. The third kappa shape index (κ3) is 10.6. The lowest BCUT2D eigenvalue weighted by Gasteiger charge is -2.37. The quantitative estimate of drug-likeness (QED) is 0.0329. The van der Waals surface area contributed by atoms with Gasteiger partial charge >= 0.3 is 5.97 Å². The molecule has 4 aromatic carbocycles. The van der Waals surface area contributed by atoms with Crippen molar-refractivity contribution in [2.45, 2.75) is 114 Å². The van der Waals surface area contributed by atoms with Crippen LogP contribution in [0.4, 0.5) is 0 Å². The van der Waals surface area contributed by atoms with E-state index in [0.29, 0.717) is 41.7 Å². The molecule has 1 heterocycles. The number of nitrogens with zero attached hydrogens (tertiary/aromatic N) is 1. The highest BCUT2D eigenvalue weighted by molar-refractivity contribution is 7.90. The van der Waals surface area contributed by atoms with Gasteiger partial charge in [0, 0.05) is 24.1 Å². The highest BCUT2D eigenvalue weighted by Crippen LogP contribution is 2.44. The Balaban J connectivity index is 1.18. The van der Waals surface area contributed by atoms with Crippen LogP contribution in [0.25, 0.3) is 0 Å². The van der Waals surface area contributed by atoms with Crippen molar-refractivity contribution in [3.05, 3.63) is 142 Å². The van der Waals surface area contributed by atoms with Gasteiger partial charge < -0.3 is 31.5 Å². The maximum atomic E-state index is 14.4. The van der Waals surface area contributed by atoms with Gasteiger partial charge in [0.1, 0.15) is 29.0 Å². The number of sulfonamides is 1. The Morgan fingerprint density at radius 2 is 1.41 bits per heavy atom.